The Kier molecular flexibility index (Phi) is 5.32. The average molecular weight is 301 g/mol. The van der Waals surface area contributed by atoms with Crippen molar-refractivity contribution in [2.45, 2.75) is 11.8 Å². The summed E-state index contributed by atoms with van der Waals surface area (Å²) in [5.41, 5.74) is 1.91. The predicted octanol–water partition coefficient (Wildman–Crippen LogP) is 0.678. The molecule has 1 aromatic carbocycles. The van der Waals surface area contributed by atoms with Crippen molar-refractivity contribution in [1.82, 2.24) is 15.2 Å². The Morgan fingerprint density at radius 1 is 1.25 bits per heavy atom. The highest BCUT2D eigenvalue weighted by molar-refractivity contribution is 7.89. The number of nitrogens with zero attached hydrogens (tertiary/aromatic N) is 1. The van der Waals surface area contributed by atoms with E-state index in [4.69, 9.17) is 0 Å². The molecule has 0 aromatic heterocycles. The molecule has 0 aliphatic carbocycles. The first-order chi connectivity index (χ1) is 9.43. The van der Waals surface area contributed by atoms with E-state index in [1.165, 1.54) is 38.2 Å². The molecule has 0 spiro atoms. The predicted molar refractivity (Wildman–Crippen MR) is 70.1 cm³/mol. The van der Waals surface area contributed by atoms with E-state index in [0.717, 1.165) is 0 Å². The number of ether oxygens (including phenoxy) is 1. The van der Waals surface area contributed by atoms with Crippen molar-refractivity contribution < 1.29 is 22.7 Å². The number of carbonyl (C=O) groups is 2. The van der Waals surface area contributed by atoms with Crippen LogP contribution >= 0.6 is 0 Å². The summed E-state index contributed by atoms with van der Waals surface area (Å²) in [7, 11) is -2.96. The fraction of sp³-hybridized carbons (Fsp3) is 0.273. The molecule has 0 aliphatic heterocycles. The van der Waals surface area contributed by atoms with Crippen molar-refractivity contribution in [3.63, 3.8) is 0 Å². The molecular formula is C11H15N3O5S. The average Bonchev–Trinajstić information content (AvgIpc) is 2.45. The van der Waals surface area contributed by atoms with Gasteiger partial charge < -0.3 is 10.1 Å². The van der Waals surface area contributed by atoms with E-state index in [0.29, 0.717) is 0 Å². The van der Waals surface area contributed by atoms with E-state index in [-0.39, 0.29) is 15.9 Å². The third kappa shape index (κ3) is 3.60. The highest BCUT2D eigenvalue weighted by Crippen LogP contribution is 2.14. The Morgan fingerprint density at radius 3 is 2.35 bits per heavy atom. The molecule has 3 amide bonds. The molecule has 0 saturated heterocycles. The Labute approximate surface area is 116 Å². The molecule has 0 atom stereocenters. The lowest BCUT2D eigenvalue weighted by molar-refractivity contribution is 0.120. The second-order valence-electron chi connectivity index (χ2n) is 3.47. The first-order valence-corrected chi connectivity index (χ1v) is 7.13. The van der Waals surface area contributed by atoms with Crippen LogP contribution in [0.25, 0.3) is 0 Å². The van der Waals surface area contributed by atoms with Crippen molar-refractivity contribution >= 4 is 22.1 Å². The summed E-state index contributed by atoms with van der Waals surface area (Å²) in [5.74, 6) is 0. The minimum Gasteiger partial charge on any atom is -0.448 e. The Bertz CT molecular complexity index is 573. The van der Waals surface area contributed by atoms with E-state index in [2.05, 4.69) is 10.1 Å². The van der Waals surface area contributed by atoms with Crippen LogP contribution in [0.5, 0.6) is 0 Å². The van der Waals surface area contributed by atoms with Crippen molar-refractivity contribution in [1.29, 1.82) is 0 Å². The van der Waals surface area contributed by atoms with Crippen LogP contribution in [-0.4, -0.2) is 38.6 Å². The SMILES string of the molecule is CCOC(=O)N(NC(=O)NC)S(=O)(=O)c1ccccc1. The lowest BCUT2D eigenvalue weighted by Crippen LogP contribution is -2.52. The molecule has 0 unspecified atom stereocenters. The molecule has 0 fully saturated rings. The topological polar surface area (TPSA) is 105 Å². The van der Waals surface area contributed by atoms with E-state index >= 15 is 0 Å². The number of carbonyl (C=O) groups excluding carboxylic acids is 2. The summed E-state index contributed by atoms with van der Waals surface area (Å²) in [6.45, 7) is 1.49. The van der Waals surface area contributed by atoms with Gasteiger partial charge in [-0.05, 0) is 19.1 Å². The van der Waals surface area contributed by atoms with Crippen LogP contribution < -0.4 is 10.7 Å². The van der Waals surface area contributed by atoms with Gasteiger partial charge in [0.2, 0.25) is 0 Å². The van der Waals surface area contributed by atoms with Crippen molar-refractivity contribution in [3.05, 3.63) is 30.3 Å². The van der Waals surface area contributed by atoms with Crippen LogP contribution in [0.1, 0.15) is 6.92 Å². The van der Waals surface area contributed by atoms with Gasteiger partial charge in [0.1, 0.15) is 0 Å². The smallest absolute Gasteiger partial charge is 0.443 e. The van der Waals surface area contributed by atoms with E-state index in [9.17, 15) is 18.0 Å². The number of hydrogen-bond acceptors (Lipinski definition) is 5. The Morgan fingerprint density at radius 2 is 1.85 bits per heavy atom. The number of rotatable bonds is 3. The maximum atomic E-state index is 12.3. The minimum atomic E-state index is -4.24. The molecule has 0 radical (unpaired) electrons. The van der Waals surface area contributed by atoms with Crippen LogP contribution in [0.15, 0.2) is 35.2 Å². The second kappa shape index (κ2) is 6.75. The first-order valence-electron chi connectivity index (χ1n) is 5.69. The molecule has 20 heavy (non-hydrogen) atoms. The van der Waals surface area contributed by atoms with Gasteiger partial charge in [-0.15, -0.1) is 4.41 Å². The van der Waals surface area contributed by atoms with Gasteiger partial charge in [0.15, 0.2) is 0 Å². The molecule has 0 bridgehead atoms. The molecule has 9 heteroatoms. The number of amides is 3. The lowest BCUT2D eigenvalue weighted by atomic mass is 10.4. The van der Waals surface area contributed by atoms with Gasteiger partial charge in [0, 0.05) is 7.05 Å². The summed E-state index contributed by atoms with van der Waals surface area (Å²) in [5, 5.41) is 2.15. The maximum absolute atomic E-state index is 12.3. The van der Waals surface area contributed by atoms with Gasteiger partial charge >= 0.3 is 12.1 Å². The monoisotopic (exact) mass is 301 g/mol. The standard InChI is InChI=1S/C11H15N3O5S/c1-3-19-11(16)14(13-10(15)12-2)20(17,18)9-7-5-4-6-8-9/h4-8H,3H2,1-2H3,(H2,12,13,15). The molecule has 1 rings (SSSR count). The summed E-state index contributed by atoms with van der Waals surface area (Å²) >= 11 is 0. The van der Waals surface area contributed by atoms with Gasteiger partial charge in [0.05, 0.1) is 11.5 Å². The van der Waals surface area contributed by atoms with Crippen LogP contribution in [0, 0.1) is 0 Å². The number of benzene rings is 1. The summed E-state index contributed by atoms with van der Waals surface area (Å²) in [4.78, 5) is 22.8. The quantitative estimate of drug-likeness (QED) is 0.799. The zero-order valence-electron chi connectivity index (χ0n) is 11.0. The Hall–Kier alpha value is -2.29. The highest BCUT2D eigenvalue weighted by Gasteiger charge is 2.32. The van der Waals surface area contributed by atoms with Gasteiger partial charge in [0.25, 0.3) is 10.0 Å². The molecule has 0 aliphatic rings. The number of sulfonamides is 1. The third-order valence-corrected chi connectivity index (χ3v) is 3.73. The number of hydrazine groups is 1. The van der Waals surface area contributed by atoms with E-state index < -0.39 is 22.1 Å². The number of hydrogen-bond donors (Lipinski definition) is 2. The van der Waals surface area contributed by atoms with E-state index in [1.54, 1.807) is 6.07 Å². The van der Waals surface area contributed by atoms with Gasteiger partial charge in [-0.25, -0.2) is 15.0 Å². The van der Waals surface area contributed by atoms with Crippen molar-refractivity contribution in [3.8, 4) is 0 Å². The molecule has 110 valence electrons. The van der Waals surface area contributed by atoms with Crippen LogP contribution in [0.4, 0.5) is 9.59 Å². The molecule has 2 N–H and O–H groups in total. The second-order valence-corrected chi connectivity index (χ2v) is 5.26. The zero-order valence-corrected chi connectivity index (χ0v) is 11.8. The molecular weight excluding hydrogens is 286 g/mol. The fourth-order valence-corrected chi connectivity index (χ4v) is 2.40. The molecule has 0 heterocycles. The van der Waals surface area contributed by atoms with Crippen LogP contribution in [0.3, 0.4) is 0 Å². The van der Waals surface area contributed by atoms with Gasteiger partial charge in [-0.2, -0.15) is 8.42 Å². The maximum Gasteiger partial charge on any atom is 0.443 e. The van der Waals surface area contributed by atoms with Gasteiger partial charge in [-0.1, -0.05) is 18.2 Å². The number of urea groups is 1. The largest absolute Gasteiger partial charge is 0.448 e. The van der Waals surface area contributed by atoms with Crippen LogP contribution in [-0.2, 0) is 14.8 Å². The molecule has 8 nitrogen and oxygen atoms in total. The summed E-state index contributed by atoms with van der Waals surface area (Å²) in [6, 6.07) is 6.35. The van der Waals surface area contributed by atoms with Crippen molar-refractivity contribution in [2.75, 3.05) is 13.7 Å². The van der Waals surface area contributed by atoms with E-state index in [1.807, 2.05) is 5.43 Å². The Balaban J connectivity index is 3.15. The molecule has 1 aromatic rings. The minimum absolute atomic E-state index is 0.0327. The lowest BCUT2D eigenvalue weighted by Gasteiger charge is -2.21. The summed E-state index contributed by atoms with van der Waals surface area (Å²) < 4.78 is 29.3. The van der Waals surface area contributed by atoms with Crippen molar-refractivity contribution in [2.24, 2.45) is 0 Å². The van der Waals surface area contributed by atoms with Gasteiger partial charge in [-0.3, -0.25) is 0 Å². The first kappa shape index (κ1) is 15.8. The zero-order chi connectivity index (χ0) is 15.2. The molecule has 0 saturated carbocycles. The van der Waals surface area contributed by atoms with Crippen LogP contribution in [0.2, 0.25) is 0 Å². The highest BCUT2D eigenvalue weighted by atomic mass is 32.2. The summed E-state index contributed by atoms with van der Waals surface area (Å²) in [6.07, 6.45) is -1.19. The normalized spacial score (nSPS) is 10.5. The third-order valence-electron chi connectivity index (χ3n) is 2.15. The fourth-order valence-electron chi connectivity index (χ4n) is 1.23. The number of nitrogens with one attached hydrogen (secondary N) is 2.